The molecule has 1 unspecified atom stereocenters. The topological polar surface area (TPSA) is 105 Å². The van der Waals surface area contributed by atoms with Gasteiger partial charge in [0.25, 0.3) is 0 Å². The number of cyclic esters (lactones) is 1. The third-order valence-electron chi connectivity index (χ3n) is 5.34. The van der Waals surface area contributed by atoms with Crippen molar-refractivity contribution in [2.24, 2.45) is 5.11 Å². The van der Waals surface area contributed by atoms with Crippen LogP contribution >= 0.6 is 0 Å². The van der Waals surface area contributed by atoms with Crippen molar-refractivity contribution >= 4 is 12.1 Å². The summed E-state index contributed by atoms with van der Waals surface area (Å²) in [6, 6.07) is 17.9. The minimum atomic E-state index is -0.814. The number of amides is 1. The van der Waals surface area contributed by atoms with Crippen molar-refractivity contribution in [2.75, 3.05) is 0 Å². The molecule has 0 aliphatic carbocycles. The average Bonchev–Trinajstić information content (AvgIpc) is 2.80. The molecule has 1 fully saturated rings. The molecule has 1 saturated heterocycles. The molecule has 0 radical (unpaired) electrons. The summed E-state index contributed by atoms with van der Waals surface area (Å²) in [5.41, 5.74) is 10.5. The Kier molecular flexibility index (Phi) is 7.90. The maximum absolute atomic E-state index is 13.1. The zero-order valence-corrected chi connectivity index (χ0v) is 17.5. The molecule has 0 N–H and O–H groups in total. The van der Waals surface area contributed by atoms with Crippen molar-refractivity contribution in [2.45, 2.75) is 57.5 Å². The van der Waals surface area contributed by atoms with E-state index in [1.54, 1.807) is 4.90 Å². The fourth-order valence-electron chi connectivity index (χ4n) is 3.75. The maximum atomic E-state index is 13.1. The van der Waals surface area contributed by atoms with Gasteiger partial charge in [-0.3, -0.25) is 9.69 Å². The van der Waals surface area contributed by atoms with Crippen molar-refractivity contribution in [3.05, 3.63) is 82.2 Å². The van der Waals surface area contributed by atoms with Crippen LogP contribution in [0.1, 0.15) is 37.3 Å². The van der Waals surface area contributed by atoms with Crippen LogP contribution in [0.15, 0.2) is 65.8 Å². The largest absolute Gasteiger partial charge is 0.460 e. The monoisotopic (exact) mass is 422 g/mol. The lowest BCUT2D eigenvalue weighted by molar-refractivity contribution is -0.160. The Balaban J connectivity index is 1.77. The second kappa shape index (κ2) is 11.0. The van der Waals surface area contributed by atoms with E-state index in [-0.39, 0.29) is 12.6 Å². The highest BCUT2D eigenvalue weighted by molar-refractivity contribution is 5.77. The van der Waals surface area contributed by atoms with Crippen LogP contribution in [0, 0.1) is 0 Å². The van der Waals surface area contributed by atoms with Crippen LogP contribution in [-0.2, 0) is 27.4 Å². The van der Waals surface area contributed by atoms with Gasteiger partial charge in [-0.05, 0) is 35.9 Å². The van der Waals surface area contributed by atoms with E-state index in [4.69, 9.17) is 15.0 Å². The molecule has 2 aromatic rings. The highest BCUT2D eigenvalue weighted by atomic mass is 16.6. The maximum Gasteiger partial charge on any atom is 0.410 e. The fourth-order valence-corrected chi connectivity index (χ4v) is 3.75. The number of carbonyl (C=O) groups is 2. The molecule has 0 bridgehead atoms. The first-order chi connectivity index (χ1) is 15.1. The van der Waals surface area contributed by atoms with E-state index in [9.17, 15) is 9.59 Å². The van der Waals surface area contributed by atoms with Gasteiger partial charge in [-0.2, -0.15) is 0 Å². The summed E-state index contributed by atoms with van der Waals surface area (Å²) in [5, 5.41) is 3.50. The number of ether oxygens (including phenoxy) is 2. The van der Waals surface area contributed by atoms with Crippen LogP contribution in [0.5, 0.6) is 0 Å². The first-order valence-corrected chi connectivity index (χ1v) is 10.4. The Hall–Kier alpha value is -3.51. The van der Waals surface area contributed by atoms with Crippen molar-refractivity contribution in [1.29, 1.82) is 0 Å². The number of hydrogen-bond donors (Lipinski definition) is 0. The van der Waals surface area contributed by atoms with Gasteiger partial charge in [0.05, 0.1) is 6.04 Å². The summed E-state index contributed by atoms with van der Waals surface area (Å²) in [4.78, 5) is 29.7. The third-order valence-corrected chi connectivity index (χ3v) is 5.34. The number of azide groups is 1. The molecular formula is C23H26N4O4. The smallest absolute Gasteiger partial charge is 0.410 e. The van der Waals surface area contributed by atoms with E-state index in [1.807, 2.05) is 67.6 Å². The zero-order valence-electron chi connectivity index (χ0n) is 17.5. The van der Waals surface area contributed by atoms with E-state index in [1.165, 1.54) is 0 Å². The molecule has 3 atom stereocenters. The number of esters is 1. The average molecular weight is 422 g/mol. The molecular weight excluding hydrogens is 396 g/mol. The number of hydrogen-bond acceptors (Lipinski definition) is 5. The number of carbonyl (C=O) groups excluding carboxylic acids is 2. The predicted octanol–water partition coefficient (Wildman–Crippen LogP) is 4.99. The van der Waals surface area contributed by atoms with E-state index >= 15 is 0 Å². The fraction of sp³-hybridized carbons (Fsp3) is 0.391. The summed E-state index contributed by atoms with van der Waals surface area (Å²) in [5.74, 6) is -0.551. The lowest BCUT2D eigenvalue weighted by Gasteiger charge is -2.38. The van der Waals surface area contributed by atoms with Crippen LogP contribution in [-0.4, -0.2) is 35.2 Å². The van der Waals surface area contributed by atoms with Crippen molar-refractivity contribution in [3.8, 4) is 0 Å². The molecule has 162 valence electrons. The molecule has 1 heterocycles. The minimum Gasteiger partial charge on any atom is -0.460 e. The highest BCUT2D eigenvalue weighted by Gasteiger charge is 2.38. The summed E-state index contributed by atoms with van der Waals surface area (Å²) >= 11 is 0. The van der Waals surface area contributed by atoms with Gasteiger partial charge in [-0.1, -0.05) is 72.7 Å². The SMILES string of the molecule is CC[C@H]([C@@H]1CCC(N=[N+]=[N-])C(=O)O1)N(Cc1ccccc1)C(=O)OCc1ccccc1. The molecule has 31 heavy (non-hydrogen) atoms. The molecule has 0 saturated carbocycles. The number of benzene rings is 2. The molecule has 2 aromatic carbocycles. The molecule has 1 aliphatic heterocycles. The third kappa shape index (κ3) is 5.99. The second-order valence-electron chi connectivity index (χ2n) is 7.40. The second-order valence-corrected chi connectivity index (χ2v) is 7.40. The van der Waals surface area contributed by atoms with Crippen LogP contribution in [0.4, 0.5) is 4.79 Å². The molecule has 1 amide bonds. The molecule has 3 rings (SSSR count). The first kappa shape index (κ1) is 22.2. The van der Waals surface area contributed by atoms with Crippen molar-refractivity contribution in [3.63, 3.8) is 0 Å². The van der Waals surface area contributed by atoms with E-state index < -0.39 is 24.2 Å². The van der Waals surface area contributed by atoms with Crippen molar-refractivity contribution in [1.82, 2.24) is 4.90 Å². The van der Waals surface area contributed by atoms with Crippen LogP contribution in [0.25, 0.3) is 10.4 Å². The minimum absolute atomic E-state index is 0.158. The van der Waals surface area contributed by atoms with Gasteiger partial charge in [-0.15, -0.1) is 0 Å². The van der Waals surface area contributed by atoms with Crippen LogP contribution in [0.2, 0.25) is 0 Å². The van der Waals surface area contributed by atoms with E-state index in [2.05, 4.69) is 10.0 Å². The van der Waals surface area contributed by atoms with Gasteiger partial charge in [0, 0.05) is 11.5 Å². The Bertz CT molecular complexity index is 916. The molecule has 8 heteroatoms. The van der Waals surface area contributed by atoms with Gasteiger partial charge in [0.2, 0.25) is 0 Å². The lowest BCUT2D eigenvalue weighted by atomic mass is 9.96. The summed E-state index contributed by atoms with van der Waals surface area (Å²) < 4.78 is 11.2. The van der Waals surface area contributed by atoms with Gasteiger partial charge in [0.15, 0.2) is 0 Å². The normalized spacial score (nSPS) is 18.9. The Morgan fingerprint density at radius 2 is 1.81 bits per heavy atom. The molecule has 0 spiro atoms. The zero-order chi connectivity index (χ0) is 22.1. The van der Waals surface area contributed by atoms with Gasteiger partial charge in [0.1, 0.15) is 18.8 Å². The van der Waals surface area contributed by atoms with Gasteiger partial charge < -0.3 is 9.47 Å². The lowest BCUT2D eigenvalue weighted by Crippen LogP contribution is -2.50. The van der Waals surface area contributed by atoms with E-state index in [0.29, 0.717) is 25.8 Å². The first-order valence-electron chi connectivity index (χ1n) is 10.4. The Morgan fingerprint density at radius 3 is 2.39 bits per heavy atom. The van der Waals surface area contributed by atoms with Crippen molar-refractivity contribution < 1.29 is 19.1 Å². The van der Waals surface area contributed by atoms with Crippen LogP contribution < -0.4 is 0 Å². The summed E-state index contributed by atoms with van der Waals surface area (Å²) in [7, 11) is 0. The summed E-state index contributed by atoms with van der Waals surface area (Å²) in [6.07, 6.45) is 0.522. The molecule has 0 aromatic heterocycles. The van der Waals surface area contributed by atoms with E-state index in [0.717, 1.165) is 11.1 Å². The molecule has 8 nitrogen and oxygen atoms in total. The number of nitrogens with zero attached hydrogens (tertiary/aromatic N) is 4. The van der Waals surface area contributed by atoms with Crippen LogP contribution in [0.3, 0.4) is 0 Å². The predicted molar refractivity (Wildman–Crippen MR) is 115 cm³/mol. The Labute approximate surface area is 181 Å². The van der Waals surface area contributed by atoms with Gasteiger partial charge in [-0.25, -0.2) is 4.79 Å². The standard InChI is InChI=1S/C23H26N4O4/c1-2-20(21-14-13-19(25-26-24)22(28)31-21)27(15-17-9-5-3-6-10-17)23(29)30-16-18-11-7-4-8-12-18/h3-12,19-21H,2,13-16H2,1H3/t19?,20-,21+/m1/s1. The van der Waals surface area contributed by atoms with Gasteiger partial charge >= 0.3 is 12.1 Å². The molecule has 1 aliphatic rings. The Morgan fingerprint density at radius 1 is 1.16 bits per heavy atom. The quantitative estimate of drug-likeness (QED) is 0.259. The number of rotatable bonds is 8. The highest BCUT2D eigenvalue weighted by Crippen LogP contribution is 2.26. The summed E-state index contributed by atoms with van der Waals surface area (Å²) in [6.45, 7) is 2.44.